The number of likely N-dealkylation sites (tertiary alicyclic amines) is 1. The number of hydrogen-bond acceptors (Lipinski definition) is 3. The smallest absolute Gasteiger partial charge is 0.261 e. The van der Waals surface area contributed by atoms with Crippen LogP contribution in [0.4, 0.5) is 0 Å². The number of piperidine rings is 1. The topological polar surface area (TPSA) is 40.6 Å². The van der Waals surface area contributed by atoms with Crippen molar-refractivity contribution in [1.29, 1.82) is 0 Å². The van der Waals surface area contributed by atoms with E-state index in [4.69, 9.17) is 0 Å². The molecular weight excluding hydrogens is 252 g/mol. The molecule has 0 aliphatic carbocycles. The monoisotopic (exact) mass is 272 g/mol. The molecule has 2 aliphatic rings. The summed E-state index contributed by atoms with van der Waals surface area (Å²) in [7, 11) is 0. The lowest BCUT2D eigenvalue weighted by Crippen LogP contribution is -2.46. The van der Waals surface area contributed by atoms with Crippen LogP contribution in [0.15, 0.2) is 24.3 Å². The molecule has 0 radical (unpaired) electrons. The number of hydrogen-bond donors (Lipinski definition) is 0. The number of nitrogens with zero attached hydrogens (tertiary/aromatic N) is 2. The third kappa shape index (κ3) is 2.24. The van der Waals surface area contributed by atoms with E-state index < -0.39 is 0 Å². The molecule has 2 amide bonds. The molecule has 1 atom stereocenters. The largest absolute Gasteiger partial charge is 0.301 e. The van der Waals surface area contributed by atoms with Gasteiger partial charge in [-0.05, 0) is 45.0 Å². The maximum Gasteiger partial charge on any atom is 0.261 e. The molecule has 1 fully saturated rings. The lowest BCUT2D eigenvalue weighted by Gasteiger charge is -2.32. The molecular formula is C16H20N2O2. The highest BCUT2D eigenvalue weighted by molar-refractivity contribution is 6.21. The molecule has 4 heteroatoms. The van der Waals surface area contributed by atoms with Gasteiger partial charge < -0.3 is 4.90 Å². The minimum absolute atomic E-state index is 0.0690. The van der Waals surface area contributed by atoms with Gasteiger partial charge in [0.2, 0.25) is 0 Å². The molecule has 0 aromatic heterocycles. The third-order valence-corrected chi connectivity index (χ3v) is 4.24. The molecule has 3 rings (SSSR count). The second kappa shape index (κ2) is 5.37. The van der Waals surface area contributed by atoms with E-state index in [1.807, 2.05) is 19.1 Å². The molecule has 0 bridgehead atoms. The Balaban J connectivity index is 1.74. The fourth-order valence-electron chi connectivity index (χ4n) is 3.21. The molecule has 0 N–H and O–H groups in total. The van der Waals surface area contributed by atoms with Gasteiger partial charge in [-0.25, -0.2) is 0 Å². The van der Waals surface area contributed by atoms with Crippen molar-refractivity contribution in [3.05, 3.63) is 35.4 Å². The van der Waals surface area contributed by atoms with Crippen molar-refractivity contribution in [1.82, 2.24) is 9.80 Å². The van der Waals surface area contributed by atoms with Gasteiger partial charge in [-0.15, -0.1) is 0 Å². The molecule has 1 aromatic carbocycles. The molecule has 0 saturated carbocycles. The van der Waals surface area contributed by atoms with E-state index in [9.17, 15) is 9.59 Å². The van der Waals surface area contributed by atoms with Crippen LogP contribution >= 0.6 is 0 Å². The van der Waals surface area contributed by atoms with Gasteiger partial charge in [0.15, 0.2) is 0 Å². The third-order valence-electron chi connectivity index (χ3n) is 4.24. The van der Waals surface area contributed by atoms with E-state index in [1.54, 1.807) is 12.1 Å². The Morgan fingerprint density at radius 2 is 1.55 bits per heavy atom. The highest BCUT2D eigenvalue weighted by Crippen LogP contribution is 2.25. The van der Waals surface area contributed by atoms with E-state index in [2.05, 4.69) is 4.90 Å². The molecule has 1 saturated heterocycles. The zero-order chi connectivity index (χ0) is 14.1. The Bertz CT molecular complexity index is 500. The van der Waals surface area contributed by atoms with E-state index in [0.29, 0.717) is 11.1 Å². The Kier molecular flexibility index (Phi) is 3.57. The van der Waals surface area contributed by atoms with Crippen molar-refractivity contribution in [2.24, 2.45) is 0 Å². The van der Waals surface area contributed by atoms with E-state index >= 15 is 0 Å². The SMILES string of the molecule is C[C@H](CN1CCCCC1)N1C(=O)c2ccccc2C1=O. The number of carbonyl (C=O) groups is 2. The Morgan fingerprint density at radius 3 is 2.10 bits per heavy atom. The summed E-state index contributed by atoms with van der Waals surface area (Å²) in [5.41, 5.74) is 1.09. The van der Waals surface area contributed by atoms with E-state index in [-0.39, 0.29) is 17.9 Å². The summed E-state index contributed by atoms with van der Waals surface area (Å²) in [6, 6.07) is 7.03. The molecule has 0 spiro atoms. The molecule has 2 aliphatic heterocycles. The predicted octanol–water partition coefficient (Wildman–Crippen LogP) is 2.16. The molecule has 0 unspecified atom stereocenters. The van der Waals surface area contributed by atoms with Gasteiger partial charge in [0.05, 0.1) is 17.2 Å². The standard InChI is InChI=1S/C16H20N2O2/c1-12(11-17-9-5-2-6-10-17)18-15(19)13-7-3-4-8-14(13)16(18)20/h3-4,7-8,12H,2,5-6,9-11H2,1H3/t12-/m1/s1. The zero-order valence-electron chi connectivity index (χ0n) is 11.8. The summed E-state index contributed by atoms with van der Waals surface area (Å²) < 4.78 is 0. The summed E-state index contributed by atoms with van der Waals surface area (Å²) in [6.07, 6.45) is 3.72. The number of carbonyl (C=O) groups excluding carboxylic acids is 2. The molecule has 1 aromatic rings. The van der Waals surface area contributed by atoms with Crippen LogP contribution in [0.2, 0.25) is 0 Å². The van der Waals surface area contributed by atoms with Crippen molar-refractivity contribution < 1.29 is 9.59 Å². The van der Waals surface area contributed by atoms with Crippen LogP contribution in [0.25, 0.3) is 0 Å². The van der Waals surface area contributed by atoms with Crippen molar-refractivity contribution in [2.75, 3.05) is 19.6 Å². The van der Waals surface area contributed by atoms with Crippen LogP contribution in [0.1, 0.15) is 46.9 Å². The van der Waals surface area contributed by atoms with Crippen LogP contribution in [0, 0.1) is 0 Å². The van der Waals surface area contributed by atoms with Crippen molar-refractivity contribution in [2.45, 2.75) is 32.2 Å². The maximum atomic E-state index is 12.4. The van der Waals surface area contributed by atoms with Gasteiger partial charge in [-0.3, -0.25) is 14.5 Å². The highest BCUT2D eigenvalue weighted by Gasteiger charge is 2.38. The maximum absolute atomic E-state index is 12.4. The van der Waals surface area contributed by atoms with Gasteiger partial charge in [-0.1, -0.05) is 18.6 Å². The quantitative estimate of drug-likeness (QED) is 0.792. The lowest BCUT2D eigenvalue weighted by atomic mass is 10.1. The first-order chi connectivity index (χ1) is 9.68. The van der Waals surface area contributed by atoms with Crippen LogP contribution in [0.5, 0.6) is 0 Å². The van der Waals surface area contributed by atoms with Crippen LogP contribution in [-0.4, -0.2) is 47.3 Å². The number of rotatable bonds is 3. The van der Waals surface area contributed by atoms with Crippen molar-refractivity contribution >= 4 is 11.8 Å². The van der Waals surface area contributed by atoms with Crippen molar-refractivity contribution in [3.63, 3.8) is 0 Å². The van der Waals surface area contributed by atoms with Crippen LogP contribution < -0.4 is 0 Å². The van der Waals surface area contributed by atoms with Crippen LogP contribution in [0.3, 0.4) is 0 Å². The first-order valence-corrected chi connectivity index (χ1v) is 7.38. The number of benzene rings is 1. The summed E-state index contributed by atoms with van der Waals surface area (Å²) in [4.78, 5) is 28.5. The molecule has 2 heterocycles. The van der Waals surface area contributed by atoms with Crippen LogP contribution in [-0.2, 0) is 0 Å². The minimum atomic E-state index is -0.143. The summed E-state index contributed by atoms with van der Waals surface area (Å²) in [5, 5.41) is 0. The second-order valence-electron chi connectivity index (χ2n) is 5.74. The van der Waals surface area contributed by atoms with Crippen molar-refractivity contribution in [3.8, 4) is 0 Å². The lowest BCUT2D eigenvalue weighted by molar-refractivity contribution is 0.0551. The molecule has 106 valence electrons. The number of fused-ring (bicyclic) bond motifs is 1. The average molecular weight is 272 g/mol. The van der Waals surface area contributed by atoms with Gasteiger partial charge in [-0.2, -0.15) is 0 Å². The molecule has 4 nitrogen and oxygen atoms in total. The number of imide groups is 1. The Morgan fingerprint density at radius 1 is 1.00 bits per heavy atom. The first kappa shape index (κ1) is 13.3. The fourth-order valence-corrected chi connectivity index (χ4v) is 3.21. The normalized spacial score (nSPS) is 21.1. The fraction of sp³-hybridized carbons (Fsp3) is 0.500. The number of amides is 2. The highest BCUT2D eigenvalue weighted by atomic mass is 16.2. The van der Waals surface area contributed by atoms with Gasteiger partial charge in [0, 0.05) is 6.54 Å². The molecule has 20 heavy (non-hydrogen) atoms. The Labute approximate surface area is 119 Å². The summed E-state index contributed by atoms with van der Waals surface area (Å²) in [5.74, 6) is -0.287. The zero-order valence-corrected chi connectivity index (χ0v) is 11.8. The van der Waals surface area contributed by atoms with Gasteiger partial charge in [0.1, 0.15) is 0 Å². The van der Waals surface area contributed by atoms with E-state index in [0.717, 1.165) is 19.6 Å². The predicted molar refractivity (Wildman–Crippen MR) is 76.7 cm³/mol. The van der Waals surface area contributed by atoms with E-state index in [1.165, 1.54) is 24.2 Å². The van der Waals surface area contributed by atoms with Gasteiger partial charge in [0.25, 0.3) is 11.8 Å². The Hall–Kier alpha value is -1.68. The summed E-state index contributed by atoms with van der Waals surface area (Å²) in [6.45, 7) is 4.91. The van der Waals surface area contributed by atoms with Gasteiger partial charge >= 0.3 is 0 Å². The second-order valence-corrected chi connectivity index (χ2v) is 5.74. The summed E-state index contributed by atoms with van der Waals surface area (Å²) >= 11 is 0. The first-order valence-electron chi connectivity index (χ1n) is 7.38. The minimum Gasteiger partial charge on any atom is -0.301 e. The average Bonchev–Trinajstić information content (AvgIpc) is 2.72.